The van der Waals surface area contributed by atoms with Gasteiger partial charge in [0.05, 0.1) is 18.6 Å². The van der Waals surface area contributed by atoms with Gasteiger partial charge in [-0.15, -0.1) is 0 Å². The number of carbonyl (C=O) groups is 1. The molecule has 2 N–H and O–H groups in total. The zero-order chi connectivity index (χ0) is 15.5. The molecule has 1 aromatic rings. The number of aryl methyl sites for hydroxylation is 1. The van der Waals surface area contributed by atoms with E-state index in [9.17, 15) is 9.90 Å². The summed E-state index contributed by atoms with van der Waals surface area (Å²) in [6.45, 7) is 4.46. The molecule has 1 amide bonds. The summed E-state index contributed by atoms with van der Waals surface area (Å²) in [6, 6.07) is 6.00. The van der Waals surface area contributed by atoms with Crippen LogP contribution in [0, 0.1) is 6.92 Å². The molecule has 1 aliphatic rings. The first kappa shape index (κ1) is 15.8. The number of benzene rings is 1. The van der Waals surface area contributed by atoms with E-state index < -0.39 is 5.41 Å². The van der Waals surface area contributed by atoms with E-state index >= 15 is 0 Å². The molecular weight excluding hydrogens is 266 g/mol. The van der Waals surface area contributed by atoms with Crippen LogP contribution in [0.4, 0.5) is 0 Å². The summed E-state index contributed by atoms with van der Waals surface area (Å²) in [5, 5.41) is 12.5. The minimum absolute atomic E-state index is 0.0664. The van der Waals surface area contributed by atoms with Gasteiger partial charge in [0.15, 0.2) is 0 Å². The number of ether oxygens (including phenoxy) is 1. The number of carbonyl (C=O) groups excluding carboxylic acids is 1. The number of hydrogen-bond donors (Lipinski definition) is 2. The standard InChI is InChI=1S/C17H25NO3/c1-4-14(19)7-10-18-16(20)17(8-9-17)13-6-5-12(2)15(11-13)21-3/h5-6,11,14,19H,4,7-10H2,1-3H3,(H,18,20). The van der Waals surface area contributed by atoms with E-state index in [1.807, 2.05) is 32.0 Å². The highest BCUT2D eigenvalue weighted by Crippen LogP contribution is 2.49. The summed E-state index contributed by atoms with van der Waals surface area (Å²) in [4.78, 5) is 12.4. The minimum atomic E-state index is -0.391. The van der Waals surface area contributed by atoms with Crippen LogP contribution in [0.5, 0.6) is 5.75 Å². The van der Waals surface area contributed by atoms with E-state index in [2.05, 4.69) is 5.32 Å². The van der Waals surface area contributed by atoms with E-state index in [1.54, 1.807) is 7.11 Å². The second kappa shape index (κ2) is 6.48. The predicted octanol–water partition coefficient (Wildman–Crippen LogP) is 2.31. The Labute approximate surface area is 126 Å². The van der Waals surface area contributed by atoms with Crippen molar-refractivity contribution in [1.82, 2.24) is 5.32 Å². The van der Waals surface area contributed by atoms with Crippen molar-refractivity contribution in [3.63, 3.8) is 0 Å². The van der Waals surface area contributed by atoms with E-state index in [4.69, 9.17) is 4.74 Å². The zero-order valence-electron chi connectivity index (χ0n) is 13.1. The van der Waals surface area contributed by atoms with Crippen LogP contribution < -0.4 is 10.1 Å². The Bertz CT molecular complexity index is 509. The van der Waals surface area contributed by atoms with Gasteiger partial charge in [0.2, 0.25) is 5.91 Å². The monoisotopic (exact) mass is 291 g/mol. The van der Waals surface area contributed by atoms with Crippen LogP contribution in [0.3, 0.4) is 0 Å². The summed E-state index contributed by atoms with van der Waals surface area (Å²) in [5.41, 5.74) is 1.71. The van der Waals surface area contributed by atoms with E-state index in [1.165, 1.54) is 0 Å². The highest BCUT2D eigenvalue weighted by molar-refractivity contribution is 5.91. The second-order valence-electron chi connectivity index (χ2n) is 5.87. The normalized spacial score (nSPS) is 17.1. The number of methoxy groups -OCH3 is 1. The van der Waals surface area contributed by atoms with Crippen molar-refractivity contribution in [2.75, 3.05) is 13.7 Å². The minimum Gasteiger partial charge on any atom is -0.496 e. The van der Waals surface area contributed by atoms with Gasteiger partial charge in [-0.2, -0.15) is 0 Å². The second-order valence-corrected chi connectivity index (χ2v) is 5.87. The van der Waals surface area contributed by atoms with E-state index in [0.717, 1.165) is 36.1 Å². The fraction of sp³-hybridized carbons (Fsp3) is 0.588. The third-order valence-corrected chi connectivity index (χ3v) is 4.38. The fourth-order valence-corrected chi connectivity index (χ4v) is 2.62. The van der Waals surface area contributed by atoms with Crippen LogP contribution in [0.25, 0.3) is 0 Å². The highest BCUT2D eigenvalue weighted by Gasteiger charge is 2.51. The van der Waals surface area contributed by atoms with Gasteiger partial charge in [0.1, 0.15) is 5.75 Å². The summed E-state index contributed by atoms with van der Waals surface area (Å²) in [6.07, 6.45) is 2.74. The van der Waals surface area contributed by atoms with Crippen molar-refractivity contribution in [3.8, 4) is 5.75 Å². The third-order valence-electron chi connectivity index (χ3n) is 4.38. The lowest BCUT2D eigenvalue weighted by Crippen LogP contribution is -2.36. The highest BCUT2D eigenvalue weighted by atomic mass is 16.5. The van der Waals surface area contributed by atoms with Crippen molar-refractivity contribution < 1.29 is 14.6 Å². The Kier molecular flexibility index (Phi) is 4.88. The molecule has 1 fully saturated rings. The topological polar surface area (TPSA) is 58.6 Å². The van der Waals surface area contributed by atoms with Gasteiger partial charge in [0, 0.05) is 6.54 Å². The predicted molar refractivity (Wildman–Crippen MR) is 82.6 cm³/mol. The largest absolute Gasteiger partial charge is 0.496 e. The van der Waals surface area contributed by atoms with Crippen LogP contribution in [-0.4, -0.2) is 30.8 Å². The average molecular weight is 291 g/mol. The quantitative estimate of drug-likeness (QED) is 0.810. The zero-order valence-corrected chi connectivity index (χ0v) is 13.1. The molecule has 0 radical (unpaired) electrons. The van der Waals surface area contributed by atoms with Crippen LogP contribution in [0.1, 0.15) is 43.7 Å². The number of aliphatic hydroxyl groups is 1. The molecule has 1 saturated carbocycles. The van der Waals surface area contributed by atoms with Crippen molar-refractivity contribution in [3.05, 3.63) is 29.3 Å². The molecule has 0 aliphatic heterocycles. The number of aliphatic hydroxyl groups excluding tert-OH is 1. The number of hydrogen-bond acceptors (Lipinski definition) is 3. The van der Waals surface area contributed by atoms with Crippen LogP contribution >= 0.6 is 0 Å². The molecule has 0 aromatic heterocycles. The van der Waals surface area contributed by atoms with E-state index in [0.29, 0.717) is 13.0 Å². The molecule has 1 atom stereocenters. The maximum atomic E-state index is 12.4. The molecule has 0 bridgehead atoms. The molecular formula is C17H25NO3. The molecule has 1 aromatic carbocycles. The molecule has 0 saturated heterocycles. The van der Waals surface area contributed by atoms with Crippen LogP contribution in [0.2, 0.25) is 0 Å². The van der Waals surface area contributed by atoms with E-state index in [-0.39, 0.29) is 12.0 Å². The van der Waals surface area contributed by atoms with Gasteiger partial charge in [-0.25, -0.2) is 0 Å². The Balaban J connectivity index is 2.03. The van der Waals surface area contributed by atoms with Crippen molar-refractivity contribution in [2.45, 2.75) is 51.0 Å². The summed E-state index contributed by atoms with van der Waals surface area (Å²) < 4.78 is 5.35. The van der Waals surface area contributed by atoms with Gasteiger partial charge in [-0.1, -0.05) is 19.1 Å². The van der Waals surface area contributed by atoms with Crippen molar-refractivity contribution >= 4 is 5.91 Å². The molecule has 4 nitrogen and oxygen atoms in total. The molecule has 1 aliphatic carbocycles. The Morgan fingerprint density at radius 2 is 2.19 bits per heavy atom. The lowest BCUT2D eigenvalue weighted by Gasteiger charge is -2.18. The molecule has 21 heavy (non-hydrogen) atoms. The SMILES string of the molecule is CCC(O)CCNC(=O)C1(c2ccc(C)c(OC)c2)CC1. The first-order chi connectivity index (χ1) is 10.0. The first-order valence-electron chi connectivity index (χ1n) is 7.65. The molecule has 2 rings (SSSR count). The Morgan fingerprint density at radius 3 is 2.76 bits per heavy atom. The maximum Gasteiger partial charge on any atom is 0.230 e. The fourth-order valence-electron chi connectivity index (χ4n) is 2.62. The van der Waals surface area contributed by atoms with Gasteiger partial charge < -0.3 is 15.2 Å². The Hall–Kier alpha value is -1.55. The molecule has 1 unspecified atom stereocenters. The summed E-state index contributed by atoms with van der Waals surface area (Å²) >= 11 is 0. The van der Waals surface area contributed by atoms with Gasteiger partial charge >= 0.3 is 0 Å². The molecule has 0 heterocycles. The lowest BCUT2D eigenvalue weighted by molar-refractivity contribution is -0.123. The molecule has 116 valence electrons. The molecule has 0 spiro atoms. The van der Waals surface area contributed by atoms with Crippen LogP contribution in [0.15, 0.2) is 18.2 Å². The lowest BCUT2D eigenvalue weighted by atomic mass is 9.93. The van der Waals surface area contributed by atoms with Gasteiger partial charge in [-0.3, -0.25) is 4.79 Å². The number of amides is 1. The number of nitrogens with one attached hydrogen (secondary N) is 1. The Morgan fingerprint density at radius 1 is 1.48 bits per heavy atom. The average Bonchev–Trinajstić information content (AvgIpc) is 3.29. The van der Waals surface area contributed by atoms with Crippen molar-refractivity contribution in [2.24, 2.45) is 0 Å². The van der Waals surface area contributed by atoms with Gasteiger partial charge in [0.25, 0.3) is 0 Å². The smallest absolute Gasteiger partial charge is 0.230 e. The summed E-state index contributed by atoms with van der Waals surface area (Å²) in [5.74, 6) is 0.893. The summed E-state index contributed by atoms with van der Waals surface area (Å²) in [7, 11) is 1.65. The van der Waals surface area contributed by atoms with Crippen molar-refractivity contribution in [1.29, 1.82) is 0 Å². The van der Waals surface area contributed by atoms with Crippen LogP contribution in [-0.2, 0) is 10.2 Å². The molecule has 4 heteroatoms. The number of rotatable bonds is 7. The first-order valence-corrected chi connectivity index (χ1v) is 7.65. The third kappa shape index (κ3) is 3.38. The van der Waals surface area contributed by atoms with Gasteiger partial charge in [-0.05, 0) is 49.8 Å². The maximum absolute atomic E-state index is 12.4.